The Morgan fingerprint density at radius 1 is 1.45 bits per heavy atom. The minimum atomic E-state index is -3.52. The van der Waals surface area contributed by atoms with Crippen molar-refractivity contribution in [3.63, 3.8) is 0 Å². The van der Waals surface area contributed by atoms with Crippen LogP contribution in [0, 0.1) is 0 Å². The van der Waals surface area contributed by atoms with Gasteiger partial charge in [0.05, 0.1) is 4.90 Å². The topological polar surface area (TPSA) is 88.3 Å². The van der Waals surface area contributed by atoms with Gasteiger partial charge in [-0.25, -0.2) is 19.2 Å². The second-order valence-corrected chi connectivity index (χ2v) is 6.64. The Kier molecular flexibility index (Phi) is 6.38. The Bertz CT molecular complexity index is 519. The van der Waals surface area contributed by atoms with Crippen molar-refractivity contribution in [2.24, 2.45) is 5.84 Å². The van der Waals surface area contributed by atoms with E-state index in [0.29, 0.717) is 12.4 Å². The van der Waals surface area contributed by atoms with Crippen molar-refractivity contribution in [2.45, 2.75) is 51.0 Å². The number of unbranched alkanes of at least 4 members (excludes halogenated alkanes) is 1. The maximum atomic E-state index is 12.7. The zero-order valence-electron chi connectivity index (χ0n) is 12.3. The van der Waals surface area contributed by atoms with Gasteiger partial charge in [0.15, 0.2) is 0 Å². The minimum absolute atomic E-state index is 0.0333. The number of anilines is 1. The monoisotopic (exact) mass is 300 g/mol. The lowest BCUT2D eigenvalue weighted by Gasteiger charge is -2.27. The van der Waals surface area contributed by atoms with Crippen LogP contribution in [0.1, 0.15) is 40.0 Å². The highest BCUT2D eigenvalue weighted by Gasteiger charge is 2.28. The molecular weight excluding hydrogens is 276 g/mol. The summed E-state index contributed by atoms with van der Waals surface area (Å²) in [5.74, 6) is 5.62. The Morgan fingerprint density at radius 3 is 2.70 bits per heavy atom. The van der Waals surface area contributed by atoms with Gasteiger partial charge in [-0.2, -0.15) is 4.31 Å². The lowest BCUT2D eigenvalue weighted by atomic mass is 10.2. The fourth-order valence-electron chi connectivity index (χ4n) is 1.88. The summed E-state index contributed by atoms with van der Waals surface area (Å²) in [6.07, 6.45) is 4.01. The number of hydrazine groups is 1. The number of sulfonamides is 1. The molecule has 1 heterocycles. The van der Waals surface area contributed by atoms with E-state index in [9.17, 15) is 8.42 Å². The molecule has 0 fully saturated rings. The standard InChI is InChI=1S/C13H24N4O2S/c1-4-6-9-17(11(3)5-2)20(18,19)12-7-8-15-13(10-12)16-14/h7-8,10-11H,4-6,9,14H2,1-3H3,(H,15,16). The molecule has 114 valence electrons. The molecule has 1 rings (SSSR count). The number of hydrogen-bond donors (Lipinski definition) is 2. The highest BCUT2D eigenvalue weighted by molar-refractivity contribution is 7.89. The first-order valence-electron chi connectivity index (χ1n) is 6.91. The molecule has 0 spiro atoms. The minimum Gasteiger partial charge on any atom is -0.308 e. The van der Waals surface area contributed by atoms with Crippen molar-refractivity contribution in [1.29, 1.82) is 0 Å². The second kappa shape index (κ2) is 7.56. The summed E-state index contributed by atoms with van der Waals surface area (Å²) >= 11 is 0. The number of nitrogen functional groups attached to an aromatic ring is 1. The Labute approximate surface area is 121 Å². The highest BCUT2D eigenvalue weighted by Crippen LogP contribution is 2.21. The van der Waals surface area contributed by atoms with Gasteiger partial charge >= 0.3 is 0 Å². The van der Waals surface area contributed by atoms with Crippen LogP contribution >= 0.6 is 0 Å². The molecule has 3 N–H and O–H groups in total. The van der Waals surface area contributed by atoms with E-state index in [1.54, 1.807) is 4.31 Å². The van der Waals surface area contributed by atoms with Crippen molar-refractivity contribution in [1.82, 2.24) is 9.29 Å². The molecule has 6 nitrogen and oxygen atoms in total. The molecule has 0 amide bonds. The van der Waals surface area contributed by atoms with Gasteiger partial charge in [-0.1, -0.05) is 20.3 Å². The van der Waals surface area contributed by atoms with E-state index < -0.39 is 10.0 Å². The van der Waals surface area contributed by atoms with Crippen LogP contribution in [-0.2, 0) is 10.0 Å². The summed E-state index contributed by atoms with van der Waals surface area (Å²) in [7, 11) is -3.52. The predicted octanol–water partition coefficient (Wildman–Crippen LogP) is 1.96. The lowest BCUT2D eigenvalue weighted by molar-refractivity contribution is 0.324. The van der Waals surface area contributed by atoms with E-state index in [0.717, 1.165) is 19.3 Å². The summed E-state index contributed by atoms with van der Waals surface area (Å²) in [6, 6.07) is 2.92. The fourth-order valence-corrected chi connectivity index (χ4v) is 3.64. The van der Waals surface area contributed by atoms with Crippen molar-refractivity contribution in [3.8, 4) is 0 Å². The maximum Gasteiger partial charge on any atom is 0.243 e. The zero-order valence-corrected chi connectivity index (χ0v) is 13.2. The van der Waals surface area contributed by atoms with Gasteiger partial charge in [0.2, 0.25) is 10.0 Å². The zero-order chi connectivity index (χ0) is 15.2. The molecule has 0 saturated heterocycles. The van der Waals surface area contributed by atoms with E-state index in [1.165, 1.54) is 18.3 Å². The van der Waals surface area contributed by atoms with Crippen LogP contribution in [-0.4, -0.2) is 30.3 Å². The van der Waals surface area contributed by atoms with Gasteiger partial charge in [0, 0.05) is 24.8 Å². The van der Waals surface area contributed by atoms with Crippen molar-refractivity contribution < 1.29 is 8.42 Å². The lowest BCUT2D eigenvalue weighted by Crippen LogP contribution is -2.39. The third kappa shape index (κ3) is 3.91. The molecule has 20 heavy (non-hydrogen) atoms. The summed E-state index contributed by atoms with van der Waals surface area (Å²) < 4.78 is 27.0. The Hall–Kier alpha value is -1.18. The largest absolute Gasteiger partial charge is 0.308 e. The van der Waals surface area contributed by atoms with E-state index in [4.69, 9.17) is 5.84 Å². The van der Waals surface area contributed by atoms with E-state index in [2.05, 4.69) is 10.4 Å². The number of nitrogens with one attached hydrogen (secondary N) is 1. The second-order valence-electron chi connectivity index (χ2n) is 4.75. The quantitative estimate of drug-likeness (QED) is 0.566. The predicted molar refractivity (Wildman–Crippen MR) is 80.6 cm³/mol. The molecule has 0 aliphatic rings. The van der Waals surface area contributed by atoms with Crippen LogP contribution in [0.25, 0.3) is 0 Å². The van der Waals surface area contributed by atoms with Crippen molar-refractivity contribution in [3.05, 3.63) is 18.3 Å². The van der Waals surface area contributed by atoms with Gasteiger partial charge in [-0.3, -0.25) is 0 Å². The number of rotatable bonds is 8. The molecule has 0 aromatic carbocycles. The van der Waals surface area contributed by atoms with Crippen molar-refractivity contribution in [2.75, 3.05) is 12.0 Å². The molecule has 1 aromatic rings. The van der Waals surface area contributed by atoms with Gasteiger partial charge in [-0.05, 0) is 25.8 Å². The van der Waals surface area contributed by atoms with Gasteiger partial charge in [0.1, 0.15) is 5.82 Å². The summed E-state index contributed by atoms with van der Waals surface area (Å²) in [5, 5.41) is 0. The van der Waals surface area contributed by atoms with Crippen LogP contribution < -0.4 is 11.3 Å². The highest BCUT2D eigenvalue weighted by atomic mass is 32.2. The van der Waals surface area contributed by atoms with Crippen LogP contribution in [0.5, 0.6) is 0 Å². The molecular formula is C13H24N4O2S. The van der Waals surface area contributed by atoms with E-state index >= 15 is 0 Å². The molecule has 1 atom stereocenters. The molecule has 0 radical (unpaired) electrons. The normalized spacial score (nSPS) is 13.4. The van der Waals surface area contributed by atoms with Gasteiger partial charge < -0.3 is 5.43 Å². The first-order valence-corrected chi connectivity index (χ1v) is 8.35. The number of nitrogens with zero attached hydrogens (tertiary/aromatic N) is 2. The van der Waals surface area contributed by atoms with Crippen LogP contribution in [0.2, 0.25) is 0 Å². The number of nitrogens with two attached hydrogens (primary N) is 1. The number of pyridine rings is 1. The van der Waals surface area contributed by atoms with Crippen LogP contribution in [0.15, 0.2) is 23.2 Å². The maximum absolute atomic E-state index is 12.7. The smallest absolute Gasteiger partial charge is 0.243 e. The van der Waals surface area contributed by atoms with Gasteiger partial charge in [0.25, 0.3) is 0 Å². The average Bonchev–Trinajstić information content (AvgIpc) is 2.47. The summed E-state index contributed by atoms with van der Waals surface area (Å²) in [5.41, 5.74) is 2.37. The van der Waals surface area contributed by atoms with E-state index in [1.807, 2.05) is 20.8 Å². The van der Waals surface area contributed by atoms with E-state index in [-0.39, 0.29) is 10.9 Å². The molecule has 1 aromatic heterocycles. The summed E-state index contributed by atoms with van der Waals surface area (Å²) in [6.45, 7) is 6.49. The number of aromatic nitrogens is 1. The molecule has 0 aliphatic carbocycles. The van der Waals surface area contributed by atoms with Gasteiger partial charge in [-0.15, -0.1) is 0 Å². The fraction of sp³-hybridized carbons (Fsp3) is 0.615. The molecule has 1 unspecified atom stereocenters. The Morgan fingerprint density at radius 2 is 2.15 bits per heavy atom. The molecule has 0 aliphatic heterocycles. The van der Waals surface area contributed by atoms with Crippen molar-refractivity contribution >= 4 is 15.8 Å². The third-order valence-corrected chi connectivity index (χ3v) is 5.31. The average molecular weight is 300 g/mol. The SMILES string of the molecule is CCCCN(C(C)CC)S(=O)(=O)c1ccnc(NN)c1. The Balaban J connectivity index is 3.14. The third-order valence-electron chi connectivity index (χ3n) is 3.30. The summed E-state index contributed by atoms with van der Waals surface area (Å²) in [4.78, 5) is 4.16. The number of hydrogen-bond acceptors (Lipinski definition) is 5. The van der Waals surface area contributed by atoms with Crippen LogP contribution in [0.4, 0.5) is 5.82 Å². The first kappa shape index (κ1) is 16.9. The molecule has 0 bridgehead atoms. The molecule has 7 heteroatoms. The van der Waals surface area contributed by atoms with Crippen LogP contribution in [0.3, 0.4) is 0 Å². The molecule has 0 saturated carbocycles. The first-order chi connectivity index (χ1) is 9.47.